The number of hydrogen-bond donors (Lipinski definition) is 0. The summed E-state index contributed by atoms with van der Waals surface area (Å²) in [5.74, 6) is -1.09. The van der Waals surface area contributed by atoms with Crippen LogP contribution < -0.4 is 4.90 Å². The minimum absolute atomic E-state index is 0.138. The Hall–Kier alpha value is -1.34. The van der Waals surface area contributed by atoms with E-state index in [4.69, 9.17) is 11.6 Å². The summed E-state index contributed by atoms with van der Waals surface area (Å²) < 4.78 is 37.8. The van der Waals surface area contributed by atoms with Crippen LogP contribution in [-0.2, 0) is 12.7 Å². The SMILES string of the molecule is CN(Cc1ccsc1)c1cc(Cl)nc(C(F)(F)F)n1. The zero-order valence-electron chi connectivity index (χ0n) is 9.78. The summed E-state index contributed by atoms with van der Waals surface area (Å²) in [5, 5.41) is 3.59. The van der Waals surface area contributed by atoms with E-state index in [0.29, 0.717) is 6.54 Å². The Bertz CT molecular complexity index is 557. The van der Waals surface area contributed by atoms with Crippen LogP contribution >= 0.6 is 22.9 Å². The molecule has 2 aromatic heterocycles. The van der Waals surface area contributed by atoms with Crippen molar-refractivity contribution in [3.8, 4) is 0 Å². The summed E-state index contributed by atoms with van der Waals surface area (Å²) >= 11 is 7.13. The lowest BCUT2D eigenvalue weighted by Crippen LogP contribution is -2.20. The standard InChI is InChI=1S/C11H9ClF3N3S/c1-18(5-7-2-3-19-6-7)9-4-8(12)16-10(17-9)11(13,14)15/h2-4,6H,5H2,1H3. The van der Waals surface area contributed by atoms with E-state index in [1.54, 1.807) is 11.9 Å². The van der Waals surface area contributed by atoms with Crippen molar-refractivity contribution in [1.82, 2.24) is 9.97 Å². The topological polar surface area (TPSA) is 29.0 Å². The highest BCUT2D eigenvalue weighted by atomic mass is 35.5. The first-order valence-corrected chi connectivity index (χ1v) is 6.52. The van der Waals surface area contributed by atoms with Gasteiger partial charge in [-0.05, 0) is 22.4 Å². The van der Waals surface area contributed by atoms with E-state index in [1.165, 1.54) is 17.4 Å². The fourth-order valence-electron chi connectivity index (χ4n) is 1.47. The molecule has 0 aliphatic rings. The highest BCUT2D eigenvalue weighted by Gasteiger charge is 2.35. The van der Waals surface area contributed by atoms with Crippen LogP contribution in [0.15, 0.2) is 22.9 Å². The van der Waals surface area contributed by atoms with Gasteiger partial charge in [0.05, 0.1) is 0 Å². The van der Waals surface area contributed by atoms with Crippen LogP contribution in [0, 0.1) is 0 Å². The molecule has 0 amide bonds. The number of rotatable bonds is 3. The van der Waals surface area contributed by atoms with Crippen molar-refractivity contribution in [3.63, 3.8) is 0 Å². The molecule has 0 aliphatic heterocycles. The van der Waals surface area contributed by atoms with Crippen molar-refractivity contribution in [1.29, 1.82) is 0 Å². The van der Waals surface area contributed by atoms with Gasteiger partial charge in [-0.2, -0.15) is 24.5 Å². The van der Waals surface area contributed by atoms with Crippen molar-refractivity contribution in [3.05, 3.63) is 39.4 Å². The van der Waals surface area contributed by atoms with Gasteiger partial charge in [0.25, 0.3) is 0 Å². The first kappa shape index (κ1) is 14.1. The van der Waals surface area contributed by atoms with E-state index < -0.39 is 12.0 Å². The molecule has 0 atom stereocenters. The lowest BCUT2D eigenvalue weighted by molar-refractivity contribution is -0.144. The highest BCUT2D eigenvalue weighted by Crippen LogP contribution is 2.29. The molecule has 0 spiro atoms. The quantitative estimate of drug-likeness (QED) is 0.807. The zero-order valence-corrected chi connectivity index (χ0v) is 11.4. The molecule has 0 N–H and O–H groups in total. The average Bonchev–Trinajstić information content (AvgIpc) is 2.79. The molecule has 2 rings (SSSR count). The molecule has 0 radical (unpaired) electrons. The summed E-state index contributed by atoms with van der Waals surface area (Å²) in [5.41, 5.74) is 0.996. The van der Waals surface area contributed by atoms with Gasteiger partial charge in [-0.3, -0.25) is 0 Å². The maximum Gasteiger partial charge on any atom is 0.451 e. The number of alkyl halides is 3. The van der Waals surface area contributed by atoms with Crippen LogP contribution in [0.1, 0.15) is 11.4 Å². The maximum absolute atomic E-state index is 12.6. The number of nitrogens with zero attached hydrogens (tertiary/aromatic N) is 3. The van der Waals surface area contributed by atoms with Gasteiger partial charge >= 0.3 is 6.18 Å². The van der Waals surface area contributed by atoms with E-state index in [9.17, 15) is 13.2 Å². The van der Waals surface area contributed by atoms with E-state index in [-0.39, 0.29) is 11.0 Å². The van der Waals surface area contributed by atoms with Gasteiger partial charge in [-0.25, -0.2) is 9.97 Å². The fourth-order valence-corrected chi connectivity index (χ4v) is 2.30. The molecule has 8 heteroatoms. The Labute approximate surface area is 116 Å². The van der Waals surface area contributed by atoms with E-state index in [2.05, 4.69) is 9.97 Å². The Morgan fingerprint density at radius 3 is 2.68 bits per heavy atom. The molecule has 0 aromatic carbocycles. The molecular formula is C11H9ClF3N3S. The number of hydrogen-bond acceptors (Lipinski definition) is 4. The summed E-state index contributed by atoms with van der Waals surface area (Å²) in [6, 6.07) is 3.21. The number of aromatic nitrogens is 2. The van der Waals surface area contributed by atoms with E-state index >= 15 is 0 Å². The molecule has 0 bridgehead atoms. The van der Waals surface area contributed by atoms with Gasteiger partial charge in [0.15, 0.2) is 0 Å². The molecule has 0 aliphatic carbocycles. The highest BCUT2D eigenvalue weighted by molar-refractivity contribution is 7.07. The average molecular weight is 308 g/mol. The van der Waals surface area contributed by atoms with Crippen LogP contribution in [0.2, 0.25) is 5.15 Å². The molecular weight excluding hydrogens is 299 g/mol. The molecule has 102 valence electrons. The molecule has 0 saturated carbocycles. The predicted molar refractivity (Wildman–Crippen MR) is 68.5 cm³/mol. The predicted octanol–water partition coefficient (Wildman–Crippen LogP) is 3.85. The second-order valence-corrected chi connectivity index (χ2v) is 5.03. The van der Waals surface area contributed by atoms with Crippen LogP contribution in [0.25, 0.3) is 0 Å². The van der Waals surface area contributed by atoms with Gasteiger partial charge < -0.3 is 4.90 Å². The van der Waals surface area contributed by atoms with Crippen LogP contribution in [0.3, 0.4) is 0 Å². The van der Waals surface area contributed by atoms with Crippen LogP contribution in [-0.4, -0.2) is 17.0 Å². The number of halogens is 4. The van der Waals surface area contributed by atoms with Crippen molar-refractivity contribution < 1.29 is 13.2 Å². The third-order valence-corrected chi connectivity index (χ3v) is 3.25. The van der Waals surface area contributed by atoms with Gasteiger partial charge in [0, 0.05) is 19.7 Å². The monoisotopic (exact) mass is 307 g/mol. The molecule has 0 saturated heterocycles. The van der Waals surface area contributed by atoms with Crippen molar-refractivity contribution in [2.75, 3.05) is 11.9 Å². The minimum atomic E-state index is -4.61. The van der Waals surface area contributed by atoms with E-state index in [0.717, 1.165) is 5.56 Å². The van der Waals surface area contributed by atoms with Crippen LogP contribution in [0.5, 0.6) is 0 Å². The van der Waals surface area contributed by atoms with Gasteiger partial charge in [0.1, 0.15) is 11.0 Å². The Kier molecular flexibility index (Phi) is 3.96. The van der Waals surface area contributed by atoms with Gasteiger partial charge in [-0.1, -0.05) is 11.6 Å². The summed E-state index contributed by atoms with van der Waals surface area (Å²) in [7, 11) is 1.65. The summed E-state index contributed by atoms with van der Waals surface area (Å²) in [4.78, 5) is 8.27. The second-order valence-electron chi connectivity index (χ2n) is 3.86. The van der Waals surface area contributed by atoms with Gasteiger partial charge in [-0.15, -0.1) is 0 Å². The third-order valence-electron chi connectivity index (χ3n) is 2.33. The molecule has 2 aromatic rings. The van der Waals surface area contributed by atoms with Gasteiger partial charge in [0.2, 0.25) is 5.82 Å². The minimum Gasteiger partial charge on any atom is -0.355 e. The van der Waals surface area contributed by atoms with Crippen LogP contribution in [0.4, 0.5) is 19.0 Å². The molecule has 0 unspecified atom stereocenters. The second kappa shape index (κ2) is 5.34. The third kappa shape index (κ3) is 3.57. The van der Waals surface area contributed by atoms with Crippen molar-refractivity contribution >= 4 is 28.8 Å². The smallest absolute Gasteiger partial charge is 0.355 e. The Balaban J connectivity index is 2.26. The molecule has 0 fully saturated rings. The van der Waals surface area contributed by atoms with Crippen molar-refractivity contribution in [2.45, 2.75) is 12.7 Å². The van der Waals surface area contributed by atoms with Crippen molar-refractivity contribution in [2.24, 2.45) is 0 Å². The molecule has 3 nitrogen and oxygen atoms in total. The largest absolute Gasteiger partial charge is 0.451 e. The number of anilines is 1. The Morgan fingerprint density at radius 1 is 1.37 bits per heavy atom. The van der Waals surface area contributed by atoms with E-state index in [1.807, 2.05) is 16.8 Å². The fraction of sp³-hybridized carbons (Fsp3) is 0.273. The summed E-state index contributed by atoms with van der Waals surface area (Å²) in [6.45, 7) is 0.453. The molecule has 19 heavy (non-hydrogen) atoms. The first-order valence-electron chi connectivity index (χ1n) is 5.20. The maximum atomic E-state index is 12.6. The number of thiophene rings is 1. The Morgan fingerprint density at radius 2 is 2.11 bits per heavy atom. The zero-order chi connectivity index (χ0) is 14.0. The summed E-state index contributed by atoms with van der Waals surface area (Å²) in [6.07, 6.45) is -4.61. The lowest BCUT2D eigenvalue weighted by atomic mass is 10.3. The normalized spacial score (nSPS) is 11.6. The molecule has 2 heterocycles. The lowest BCUT2D eigenvalue weighted by Gasteiger charge is -2.18. The first-order chi connectivity index (χ1) is 8.86.